The van der Waals surface area contributed by atoms with E-state index in [1.54, 1.807) is 35.9 Å². The molecule has 178 valence electrons. The zero-order valence-electron chi connectivity index (χ0n) is 19.2. The van der Waals surface area contributed by atoms with Crippen molar-refractivity contribution < 1.29 is 19.4 Å². The minimum absolute atomic E-state index is 0.00240. The van der Waals surface area contributed by atoms with Gasteiger partial charge in [0.25, 0.3) is 5.91 Å². The first-order valence-electron chi connectivity index (χ1n) is 11.3. The van der Waals surface area contributed by atoms with E-state index >= 15 is 0 Å². The van der Waals surface area contributed by atoms with Gasteiger partial charge >= 0.3 is 0 Å². The summed E-state index contributed by atoms with van der Waals surface area (Å²) >= 11 is 1.26. The smallest absolute Gasteiger partial charge is 0.296 e. The van der Waals surface area contributed by atoms with Crippen molar-refractivity contribution in [3.8, 4) is 5.75 Å². The molecule has 1 atom stereocenters. The molecule has 0 saturated heterocycles. The zero-order valence-corrected chi connectivity index (χ0v) is 20.0. The molecule has 1 unspecified atom stereocenters. The second-order valence-electron chi connectivity index (χ2n) is 8.11. The fourth-order valence-electron chi connectivity index (χ4n) is 4.05. The van der Waals surface area contributed by atoms with Crippen molar-refractivity contribution in [3.63, 3.8) is 0 Å². The Morgan fingerprint density at radius 1 is 1.03 bits per heavy atom. The van der Waals surface area contributed by atoms with E-state index in [1.165, 1.54) is 22.3 Å². The van der Waals surface area contributed by atoms with Crippen LogP contribution in [0.3, 0.4) is 0 Å². The van der Waals surface area contributed by atoms with Crippen LogP contribution in [0.15, 0.2) is 114 Å². The van der Waals surface area contributed by atoms with Gasteiger partial charge < -0.3 is 9.84 Å². The summed E-state index contributed by atoms with van der Waals surface area (Å²) in [6.45, 7) is 0.372. The van der Waals surface area contributed by atoms with E-state index in [1.807, 2.05) is 66.7 Å². The number of carbonyl (C=O) groups excluding carboxylic acids is 2. The van der Waals surface area contributed by atoms with Gasteiger partial charge in [0.1, 0.15) is 12.4 Å². The van der Waals surface area contributed by atoms with Crippen LogP contribution in [0.5, 0.6) is 5.75 Å². The zero-order chi connectivity index (χ0) is 24.9. The van der Waals surface area contributed by atoms with E-state index < -0.39 is 23.5 Å². The number of thiazole rings is 1. The molecular formula is C29H22N2O4S. The van der Waals surface area contributed by atoms with Gasteiger partial charge in [0, 0.05) is 11.6 Å². The summed E-state index contributed by atoms with van der Waals surface area (Å²) in [6, 6.07) is 25.5. The number of nitrogens with zero attached hydrogens (tertiary/aromatic N) is 2. The molecule has 0 saturated carbocycles. The highest BCUT2D eigenvalue weighted by atomic mass is 32.1. The largest absolute Gasteiger partial charge is 0.503 e. The topological polar surface area (TPSA) is 79.7 Å². The number of rotatable bonds is 8. The van der Waals surface area contributed by atoms with Gasteiger partial charge in [-0.2, -0.15) is 0 Å². The third-order valence-electron chi connectivity index (χ3n) is 5.75. The number of amides is 1. The monoisotopic (exact) mass is 494 g/mol. The van der Waals surface area contributed by atoms with Crippen LogP contribution in [-0.2, 0) is 16.2 Å². The second kappa shape index (κ2) is 10.4. The first-order valence-corrected chi connectivity index (χ1v) is 12.2. The van der Waals surface area contributed by atoms with Crippen molar-refractivity contribution in [1.82, 2.24) is 4.98 Å². The summed E-state index contributed by atoms with van der Waals surface area (Å²) in [4.78, 5) is 32.1. The van der Waals surface area contributed by atoms with Crippen LogP contribution in [-0.4, -0.2) is 21.8 Å². The average molecular weight is 495 g/mol. The Balaban J connectivity index is 1.49. The molecule has 5 rings (SSSR count). The number of carbonyl (C=O) groups is 2. The van der Waals surface area contributed by atoms with Crippen molar-refractivity contribution in [2.24, 2.45) is 0 Å². The number of anilines is 1. The molecule has 0 spiro atoms. The molecular weight excluding hydrogens is 472 g/mol. The molecule has 1 aliphatic rings. The highest BCUT2D eigenvalue weighted by Gasteiger charge is 2.45. The summed E-state index contributed by atoms with van der Waals surface area (Å²) in [5.74, 6) is -1.11. The molecule has 4 aromatic rings. The normalized spacial score (nSPS) is 15.6. The minimum Gasteiger partial charge on any atom is -0.503 e. The van der Waals surface area contributed by atoms with E-state index in [-0.39, 0.29) is 5.57 Å². The van der Waals surface area contributed by atoms with Gasteiger partial charge in [0.05, 0.1) is 11.6 Å². The molecule has 0 fully saturated rings. The number of benzene rings is 3. The Morgan fingerprint density at radius 2 is 1.78 bits per heavy atom. The molecule has 0 aliphatic carbocycles. The first kappa shape index (κ1) is 23.3. The first-order chi connectivity index (χ1) is 17.6. The van der Waals surface area contributed by atoms with Gasteiger partial charge in [-0.15, -0.1) is 11.3 Å². The molecule has 36 heavy (non-hydrogen) atoms. The molecule has 7 heteroatoms. The lowest BCUT2D eigenvalue weighted by atomic mass is 9.95. The van der Waals surface area contributed by atoms with Crippen LogP contribution in [0.1, 0.15) is 22.7 Å². The van der Waals surface area contributed by atoms with E-state index in [4.69, 9.17) is 4.74 Å². The minimum atomic E-state index is -0.850. The van der Waals surface area contributed by atoms with Crippen LogP contribution in [0.25, 0.3) is 6.08 Å². The van der Waals surface area contributed by atoms with Crippen LogP contribution in [0, 0.1) is 0 Å². The Labute approximate surface area is 212 Å². The number of ether oxygens (including phenoxy) is 1. The third-order valence-corrected chi connectivity index (χ3v) is 6.52. The number of hydrogen-bond acceptors (Lipinski definition) is 6. The van der Waals surface area contributed by atoms with Gasteiger partial charge in [0.15, 0.2) is 16.7 Å². The molecule has 0 radical (unpaired) electrons. The molecule has 1 aliphatic heterocycles. The maximum Gasteiger partial charge on any atom is 0.296 e. The number of ketones is 1. The summed E-state index contributed by atoms with van der Waals surface area (Å²) < 4.78 is 5.98. The molecule has 1 aromatic heterocycles. The molecule has 6 nitrogen and oxygen atoms in total. The Kier molecular flexibility index (Phi) is 6.73. The van der Waals surface area contributed by atoms with Crippen molar-refractivity contribution >= 4 is 34.2 Å². The van der Waals surface area contributed by atoms with Gasteiger partial charge in [-0.3, -0.25) is 14.5 Å². The predicted molar refractivity (Wildman–Crippen MR) is 140 cm³/mol. The summed E-state index contributed by atoms with van der Waals surface area (Å²) in [5, 5.41) is 13.0. The van der Waals surface area contributed by atoms with Crippen molar-refractivity contribution in [3.05, 3.63) is 131 Å². The van der Waals surface area contributed by atoms with Crippen molar-refractivity contribution in [2.75, 3.05) is 4.90 Å². The Bertz CT molecular complexity index is 1430. The lowest BCUT2D eigenvalue weighted by Crippen LogP contribution is -2.30. The molecule has 0 bridgehead atoms. The van der Waals surface area contributed by atoms with Crippen LogP contribution in [0.2, 0.25) is 0 Å². The van der Waals surface area contributed by atoms with E-state index in [9.17, 15) is 14.7 Å². The SMILES string of the molecule is O=C(/C=C/c1ccccc1)C1=C(O)C(=O)N(c2nccs2)C1c1cccc(OCc2ccccc2)c1. The number of aliphatic hydroxyl groups excluding tert-OH is 1. The third kappa shape index (κ3) is 4.82. The van der Waals surface area contributed by atoms with Crippen LogP contribution >= 0.6 is 11.3 Å². The summed E-state index contributed by atoms with van der Waals surface area (Å²) in [7, 11) is 0. The molecule has 3 aromatic carbocycles. The van der Waals surface area contributed by atoms with Gasteiger partial charge in [-0.1, -0.05) is 78.9 Å². The van der Waals surface area contributed by atoms with E-state index in [2.05, 4.69) is 4.98 Å². The van der Waals surface area contributed by atoms with E-state index in [0.29, 0.717) is 23.1 Å². The fraction of sp³-hybridized carbons (Fsp3) is 0.0690. The summed E-state index contributed by atoms with van der Waals surface area (Å²) in [6.07, 6.45) is 4.62. The summed E-state index contributed by atoms with van der Waals surface area (Å²) in [5.41, 5.74) is 2.48. The van der Waals surface area contributed by atoms with Crippen molar-refractivity contribution in [1.29, 1.82) is 0 Å². The molecule has 2 heterocycles. The average Bonchev–Trinajstić information content (AvgIpc) is 3.54. The maximum atomic E-state index is 13.3. The lowest BCUT2D eigenvalue weighted by Gasteiger charge is -2.24. The highest BCUT2D eigenvalue weighted by molar-refractivity contribution is 7.13. The van der Waals surface area contributed by atoms with Gasteiger partial charge in [-0.25, -0.2) is 4.98 Å². The Hall–Kier alpha value is -4.49. The van der Waals surface area contributed by atoms with E-state index in [0.717, 1.165) is 11.1 Å². The quantitative estimate of drug-likeness (QED) is 0.308. The second-order valence-corrected chi connectivity index (χ2v) is 8.98. The van der Waals surface area contributed by atoms with Gasteiger partial charge in [0.2, 0.25) is 0 Å². The maximum absolute atomic E-state index is 13.3. The van der Waals surface area contributed by atoms with Crippen LogP contribution in [0.4, 0.5) is 5.13 Å². The highest BCUT2D eigenvalue weighted by Crippen LogP contribution is 2.42. The number of hydrogen-bond donors (Lipinski definition) is 1. The standard InChI is InChI=1S/C29H22N2O4S/c32-24(15-14-20-8-3-1-4-9-20)25-26(31(28(34)27(25)33)29-30-16-17-36-29)22-12-7-13-23(18-22)35-19-21-10-5-2-6-11-21/h1-18,26,33H,19H2/b15-14+. The molecule has 1 N–H and O–H groups in total. The number of allylic oxidation sites excluding steroid dienone is 1. The van der Waals surface area contributed by atoms with Gasteiger partial charge in [-0.05, 0) is 34.9 Å². The number of aromatic nitrogens is 1. The lowest BCUT2D eigenvalue weighted by molar-refractivity contribution is -0.117. The Morgan fingerprint density at radius 3 is 2.50 bits per heavy atom. The number of aliphatic hydroxyl groups is 1. The predicted octanol–water partition coefficient (Wildman–Crippen LogP) is 5.90. The fourth-order valence-corrected chi connectivity index (χ4v) is 4.71. The van der Waals surface area contributed by atoms with Crippen molar-refractivity contribution in [2.45, 2.75) is 12.6 Å². The molecule has 1 amide bonds. The van der Waals surface area contributed by atoms with Crippen LogP contribution < -0.4 is 9.64 Å².